The Morgan fingerprint density at radius 2 is 2.21 bits per heavy atom. The van der Waals surface area contributed by atoms with Gasteiger partial charge in [0.25, 0.3) is 0 Å². The van der Waals surface area contributed by atoms with E-state index in [1.165, 1.54) is 5.56 Å². The number of aliphatic hydroxyl groups excluding tert-OH is 1. The number of aliphatic hydroxyl groups is 1. The highest BCUT2D eigenvalue weighted by Crippen LogP contribution is 2.15. The van der Waals surface area contributed by atoms with Gasteiger partial charge in [-0.25, -0.2) is 4.98 Å². The van der Waals surface area contributed by atoms with Crippen molar-refractivity contribution < 1.29 is 14.6 Å². The number of aryl methyl sites for hydroxylation is 1. The lowest BCUT2D eigenvalue weighted by atomic mass is 10.2. The first-order valence-electron chi connectivity index (χ1n) is 9.71. The van der Waals surface area contributed by atoms with Gasteiger partial charge in [-0.05, 0) is 17.7 Å². The molecule has 1 atom stereocenters. The van der Waals surface area contributed by atoms with Crippen LogP contribution in [0, 0.1) is 0 Å². The fourth-order valence-electron chi connectivity index (χ4n) is 3.01. The molecule has 3 rings (SSSR count). The van der Waals surface area contributed by atoms with E-state index in [1.807, 2.05) is 42.2 Å². The summed E-state index contributed by atoms with van der Waals surface area (Å²) in [5, 5.41) is 14.7. The number of rotatable bonds is 11. The summed E-state index contributed by atoms with van der Waals surface area (Å²) < 4.78 is 13.1. The molecule has 1 aliphatic rings. The van der Waals surface area contributed by atoms with E-state index in [0.717, 1.165) is 56.1 Å². The van der Waals surface area contributed by atoms with E-state index in [2.05, 4.69) is 21.3 Å². The maximum Gasteiger partial charge on any atom is 0.167 e. The molecule has 28 heavy (non-hydrogen) atoms. The average molecular weight is 407 g/mol. The number of aromatic nitrogens is 2. The largest absolute Gasteiger partial charge is 0.491 e. The van der Waals surface area contributed by atoms with Crippen molar-refractivity contribution in [1.29, 1.82) is 0 Å². The van der Waals surface area contributed by atoms with E-state index in [-0.39, 0.29) is 0 Å². The van der Waals surface area contributed by atoms with Gasteiger partial charge in [0.1, 0.15) is 18.5 Å². The third-order valence-electron chi connectivity index (χ3n) is 4.53. The normalized spacial score (nSPS) is 16.2. The molecule has 0 amide bonds. The number of nitrogens with zero attached hydrogens (tertiary/aromatic N) is 3. The van der Waals surface area contributed by atoms with Crippen LogP contribution in [0.5, 0.6) is 5.75 Å². The molecule has 0 aliphatic carbocycles. The maximum absolute atomic E-state index is 10.2. The van der Waals surface area contributed by atoms with Crippen molar-refractivity contribution in [3.8, 4) is 5.75 Å². The number of β-amino-alcohol motifs (C(OH)–C–C–N with tert-alkyl or cyclic N) is 1. The molecule has 7 nitrogen and oxygen atoms in total. The van der Waals surface area contributed by atoms with Crippen LogP contribution < -0.4 is 10.1 Å². The second-order valence-corrected chi connectivity index (χ2v) is 7.93. The molecule has 1 aromatic heterocycles. The predicted octanol–water partition coefficient (Wildman–Crippen LogP) is 1.37. The summed E-state index contributed by atoms with van der Waals surface area (Å²) in [6.07, 6.45) is 3.28. The van der Waals surface area contributed by atoms with Crippen LogP contribution >= 0.6 is 11.8 Å². The maximum atomic E-state index is 10.2. The van der Waals surface area contributed by atoms with Gasteiger partial charge in [0, 0.05) is 57.9 Å². The molecule has 0 unspecified atom stereocenters. The number of morpholine rings is 1. The minimum absolute atomic E-state index is 0.300. The Bertz CT molecular complexity index is 706. The monoisotopic (exact) mass is 406 g/mol. The minimum Gasteiger partial charge on any atom is -0.491 e. The molecule has 0 spiro atoms. The van der Waals surface area contributed by atoms with Crippen molar-refractivity contribution in [1.82, 2.24) is 19.8 Å². The molecule has 1 aliphatic heterocycles. The zero-order valence-electron chi connectivity index (χ0n) is 16.4. The van der Waals surface area contributed by atoms with Gasteiger partial charge >= 0.3 is 0 Å². The molecule has 8 heteroatoms. The number of hydrogen-bond donors (Lipinski definition) is 2. The van der Waals surface area contributed by atoms with Crippen molar-refractivity contribution in [3.05, 3.63) is 42.2 Å². The average Bonchev–Trinajstić information content (AvgIpc) is 3.12. The van der Waals surface area contributed by atoms with Gasteiger partial charge in [-0.1, -0.05) is 23.9 Å². The topological polar surface area (TPSA) is 71.8 Å². The summed E-state index contributed by atoms with van der Waals surface area (Å²) in [5.41, 5.74) is 1.17. The lowest BCUT2D eigenvalue weighted by Crippen LogP contribution is -2.42. The van der Waals surface area contributed by atoms with Crippen molar-refractivity contribution >= 4 is 11.8 Å². The van der Waals surface area contributed by atoms with Crippen LogP contribution in [0.1, 0.15) is 5.56 Å². The Morgan fingerprint density at radius 3 is 3.00 bits per heavy atom. The number of hydrogen-bond acceptors (Lipinski definition) is 7. The van der Waals surface area contributed by atoms with Crippen LogP contribution in [-0.2, 0) is 18.3 Å². The molecular formula is C20H30N4O3S. The molecule has 0 bridgehead atoms. The first-order valence-corrected chi connectivity index (χ1v) is 10.7. The quantitative estimate of drug-likeness (QED) is 0.431. The Balaban J connectivity index is 1.33. The number of nitrogens with one attached hydrogen (secondary N) is 1. The molecule has 2 aromatic rings. The third-order valence-corrected chi connectivity index (χ3v) is 5.59. The van der Waals surface area contributed by atoms with E-state index in [4.69, 9.17) is 9.47 Å². The van der Waals surface area contributed by atoms with Crippen LogP contribution in [0.25, 0.3) is 0 Å². The first kappa shape index (κ1) is 21.1. The van der Waals surface area contributed by atoms with Gasteiger partial charge in [-0.2, -0.15) is 0 Å². The van der Waals surface area contributed by atoms with E-state index in [1.54, 1.807) is 11.8 Å². The highest BCUT2D eigenvalue weighted by molar-refractivity contribution is 7.99. The number of thioether (sulfide) groups is 1. The molecule has 154 valence electrons. The van der Waals surface area contributed by atoms with Crippen molar-refractivity contribution in [2.45, 2.75) is 17.8 Å². The Kier molecular flexibility index (Phi) is 8.63. The molecule has 0 radical (unpaired) electrons. The minimum atomic E-state index is -0.497. The fraction of sp³-hybridized carbons (Fsp3) is 0.550. The van der Waals surface area contributed by atoms with Gasteiger partial charge in [0.2, 0.25) is 0 Å². The van der Waals surface area contributed by atoms with Gasteiger partial charge in [-0.15, -0.1) is 0 Å². The van der Waals surface area contributed by atoms with Crippen LogP contribution in [0.4, 0.5) is 0 Å². The summed E-state index contributed by atoms with van der Waals surface area (Å²) in [4.78, 5) is 6.52. The van der Waals surface area contributed by atoms with Crippen molar-refractivity contribution in [2.75, 3.05) is 51.8 Å². The molecule has 0 saturated carbocycles. The van der Waals surface area contributed by atoms with Crippen LogP contribution in [0.15, 0.2) is 41.8 Å². The first-order chi connectivity index (χ1) is 13.7. The standard InChI is InChI=1S/C20H30N4O3S/c1-23-7-5-22-20(23)28-12-6-21-14-17-3-2-4-19(13-17)27-16-18(25)15-24-8-10-26-11-9-24/h2-5,7,13,18,21,25H,6,8-12,14-16H2,1H3/t18-/m0/s1. The van der Waals surface area contributed by atoms with Crippen molar-refractivity contribution in [3.63, 3.8) is 0 Å². The van der Waals surface area contributed by atoms with E-state index in [0.29, 0.717) is 13.2 Å². The van der Waals surface area contributed by atoms with Crippen molar-refractivity contribution in [2.24, 2.45) is 7.05 Å². The summed E-state index contributed by atoms with van der Waals surface area (Å²) in [7, 11) is 2.01. The lowest BCUT2D eigenvalue weighted by Gasteiger charge is -2.28. The zero-order chi connectivity index (χ0) is 19.6. The molecular weight excluding hydrogens is 376 g/mol. The Morgan fingerprint density at radius 1 is 1.36 bits per heavy atom. The van der Waals surface area contributed by atoms with Gasteiger partial charge in [0.15, 0.2) is 5.16 Å². The smallest absolute Gasteiger partial charge is 0.167 e. The number of imidazole rings is 1. The third kappa shape index (κ3) is 7.10. The summed E-state index contributed by atoms with van der Waals surface area (Å²) in [6.45, 7) is 5.83. The van der Waals surface area contributed by atoms with Crippen LogP contribution in [0.2, 0.25) is 0 Å². The van der Waals surface area contributed by atoms with Crippen LogP contribution in [0.3, 0.4) is 0 Å². The SMILES string of the molecule is Cn1ccnc1SCCNCc1cccc(OC[C@@H](O)CN2CCOCC2)c1. The summed E-state index contributed by atoms with van der Waals surface area (Å²) in [5.74, 6) is 1.76. The lowest BCUT2D eigenvalue weighted by molar-refractivity contribution is 0.00465. The van der Waals surface area contributed by atoms with E-state index >= 15 is 0 Å². The summed E-state index contributed by atoms with van der Waals surface area (Å²) >= 11 is 1.74. The Labute approximate surface area is 171 Å². The van der Waals surface area contributed by atoms with E-state index in [9.17, 15) is 5.11 Å². The summed E-state index contributed by atoms with van der Waals surface area (Å²) in [6, 6.07) is 8.03. The van der Waals surface area contributed by atoms with Gasteiger partial charge in [-0.3, -0.25) is 4.90 Å². The molecule has 1 fully saturated rings. The highest BCUT2D eigenvalue weighted by Gasteiger charge is 2.15. The predicted molar refractivity (Wildman–Crippen MR) is 111 cm³/mol. The molecule has 1 saturated heterocycles. The second kappa shape index (κ2) is 11.4. The number of benzene rings is 1. The fourth-order valence-corrected chi connectivity index (χ4v) is 3.84. The number of ether oxygens (including phenoxy) is 2. The zero-order valence-corrected chi connectivity index (χ0v) is 17.2. The second-order valence-electron chi connectivity index (χ2n) is 6.87. The molecule has 2 N–H and O–H groups in total. The molecule has 2 heterocycles. The van der Waals surface area contributed by atoms with E-state index < -0.39 is 6.10 Å². The highest BCUT2D eigenvalue weighted by atomic mass is 32.2. The van der Waals surface area contributed by atoms with Gasteiger partial charge < -0.3 is 24.5 Å². The van der Waals surface area contributed by atoms with Crippen LogP contribution in [-0.4, -0.2) is 77.4 Å². The van der Waals surface area contributed by atoms with Gasteiger partial charge in [0.05, 0.1) is 13.2 Å². The Hall–Kier alpha value is -1.58. The molecule has 1 aromatic carbocycles.